The van der Waals surface area contributed by atoms with E-state index in [4.69, 9.17) is 4.43 Å². The summed E-state index contributed by atoms with van der Waals surface area (Å²) in [6.07, 6.45) is 2.78. The highest BCUT2D eigenvalue weighted by molar-refractivity contribution is 6.70. The summed E-state index contributed by atoms with van der Waals surface area (Å²) in [6, 6.07) is 9.55. The SMILES string of the molecule is C[Si](C)(C)Oc1ccc([C@H](C2CC2)N2CCNCC2)cc1.Cl.Cl. The number of hydrogen-bond acceptors (Lipinski definition) is 3. The molecule has 2 fully saturated rings. The van der Waals surface area contributed by atoms with Gasteiger partial charge in [0.2, 0.25) is 8.32 Å². The molecule has 1 aromatic rings. The van der Waals surface area contributed by atoms with Gasteiger partial charge < -0.3 is 9.74 Å². The Kier molecular flexibility index (Phi) is 7.88. The van der Waals surface area contributed by atoms with Crippen LogP contribution in [0.5, 0.6) is 5.75 Å². The Morgan fingerprint density at radius 2 is 1.61 bits per heavy atom. The van der Waals surface area contributed by atoms with Crippen LogP contribution in [0.1, 0.15) is 24.4 Å². The topological polar surface area (TPSA) is 24.5 Å². The molecule has 0 aromatic heterocycles. The highest BCUT2D eigenvalue weighted by Crippen LogP contribution is 2.44. The fourth-order valence-electron chi connectivity index (χ4n) is 3.24. The van der Waals surface area contributed by atoms with Crippen molar-refractivity contribution in [2.75, 3.05) is 26.2 Å². The summed E-state index contributed by atoms with van der Waals surface area (Å²) in [4.78, 5) is 2.67. The maximum absolute atomic E-state index is 6.07. The number of halogens is 2. The smallest absolute Gasteiger partial charge is 0.242 e. The lowest BCUT2D eigenvalue weighted by molar-refractivity contribution is 0.156. The van der Waals surface area contributed by atoms with E-state index in [1.165, 1.54) is 31.5 Å². The van der Waals surface area contributed by atoms with E-state index in [1.54, 1.807) is 0 Å². The lowest BCUT2D eigenvalue weighted by Crippen LogP contribution is -2.45. The molecule has 0 bridgehead atoms. The van der Waals surface area contributed by atoms with Gasteiger partial charge in [-0.15, -0.1) is 24.8 Å². The second kappa shape index (κ2) is 8.72. The zero-order chi connectivity index (χ0) is 14.9. The Bertz CT molecular complexity index is 468. The van der Waals surface area contributed by atoms with E-state index in [0.29, 0.717) is 6.04 Å². The minimum absolute atomic E-state index is 0. The minimum Gasteiger partial charge on any atom is -0.544 e. The van der Waals surface area contributed by atoms with Gasteiger partial charge in [-0.3, -0.25) is 4.90 Å². The first-order valence-electron chi connectivity index (χ1n) is 8.27. The van der Waals surface area contributed by atoms with Crippen molar-refractivity contribution in [3.63, 3.8) is 0 Å². The van der Waals surface area contributed by atoms with E-state index in [2.05, 4.69) is 54.1 Å². The molecule has 2 aliphatic rings. The predicted octanol–water partition coefficient (Wildman–Crippen LogP) is 4.10. The van der Waals surface area contributed by atoms with Crippen molar-refractivity contribution in [3.8, 4) is 5.75 Å². The number of hydrogen-bond donors (Lipinski definition) is 1. The van der Waals surface area contributed by atoms with E-state index >= 15 is 0 Å². The fourth-order valence-corrected chi connectivity index (χ4v) is 4.08. The van der Waals surface area contributed by atoms with Gasteiger partial charge in [0.1, 0.15) is 5.75 Å². The number of piperazine rings is 1. The molecule has 0 spiro atoms. The summed E-state index contributed by atoms with van der Waals surface area (Å²) >= 11 is 0. The predicted molar refractivity (Wildman–Crippen MR) is 105 cm³/mol. The summed E-state index contributed by atoms with van der Waals surface area (Å²) in [5, 5.41) is 3.46. The second-order valence-corrected chi connectivity index (χ2v) is 11.8. The van der Waals surface area contributed by atoms with Gasteiger partial charge in [-0.1, -0.05) is 12.1 Å². The molecule has 3 rings (SSSR count). The van der Waals surface area contributed by atoms with E-state index in [0.717, 1.165) is 24.8 Å². The average molecular weight is 377 g/mol. The van der Waals surface area contributed by atoms with Crippen LogP contribution >= 0.6 is 24.8 Å². The first-order chi connectivity index (χ1) is 10.0. The zero-order valence-corrected chi connectivity index (χ0v) is 17.0. The Labute approximate surface area is 154 Å². The third kappa shape index (κ3) is 5.95. The van der Waals surface area contributed by atoms with Crippen molar-refractivity contribution < 1.29 is 4.43 Å². The largest absolute Gasteiger partial charge is 0.544 e. The van der Waals surface area contributed by atoms with Gasteiger partial charge in [0.15, 0.2) is 0 Å². The molecule has 1 atom stereocenters. The summed E-state index contributed by atoms with van der Waals surface area (Å²) in [5.74, 6) is 1.90. The minimum atomic E-state index is -1.50. The quantitative estimate of drug-likeness (QED) is 0.782. The molecule has 6 heteroatoms. The van der Waals surface area contributed by atoms with Crippen LogP contribution in [0.2, 0.25) is 19.6 Å². The van der Waals surface area contributed by atoms with Crippen LogP contribution in [0.25, 0.3) is 0 Å². The second-order valence-electron chi connectivity index (χ2n) is 7.35. The number of benzene rings is 1. The summed E-state index contributed by atoms with van der Waals surface area (Å²) in [7, 11) is -1.50. The Morgan fingerprint density at radius 3 is 2.09 bits per heavy atom. The van der Waals surface area contributed by atoms with Gasteiger partial charge in [0.05, 0.1) is 0 Å². The maximum atomic E-state index is 6.07. The zero-order valence-electron chi connectivity index (χ0n) is 14.4. The van der Waals surface area contributed by atoms with E-state index in [9.17, 15) is 0 Å². The summed E-state index contributed by atoms with van der Waals surface area (Å²) < 4.78 is 6.07. The van der Waals surface area contributed by atoms with Gasteiger partial charge in [0.25, 0.3) is 0 Å². The number of rotatable bonds is 5. The van der Waals surface area contributed by atoms with Crippen LogP contribution < -0.4 is 9.74 Å². The lowest BCUT2D eigenvalue weighted by atomic mass is 10.00. The molecule has 1 aliphatic carbocycles. The molecule has 0 radical (unpaired) electrons. The van der Waals surface area contributed by atoms with E-state index in [-0.39, 0.29) is 24.8 Å². The van der Waals surface area contributed by atoms with Crippen molar-refractivity contribution in [3.05, 3.63) is 29.8 Å². The molecule has 0 amide bonds. The fraction of sp³-hybridized carbons (Fsp3) is 0.647. The first-order valence-corrected chi connectivity index (χ1v) is 11.7. The van der Waals surface area contributed by atoms with Crippen molar-refractivity contribution in [1.82, 2.24) is 10.2 Å². The van der Waals surface area contributed by atoms with Gasteiger partial charge in [-0.2, -0.15) is 0 Å². The molecule has 23 heavy (non-hydrogen) atoms. The normalized spacial score (nSPS) is 20.1. The van der Waals surface area contributed by atoms with E-state index < -0.39 is 8.32 Å². The van der Waals surface area contributed by atoms with Crippen LogP contribution in [0.15, 0.2) is 24.3 Å². The summed E-state index contributed by atoms with van der Waals surface area (Å²) in [6.45, 7) is 11.3. The third-order valence-electron chi connectivity index (χ3n) is 4.26. The Balaban J connectivity index is 0.00000132. The third-order valence-corrected chi connectivity index (χ3v) is 5.11. The van der Waals surface area contributed by atoms with Crippen molar-refractivity contribution >= 4 is 33.1 Å². The molecule has 3 nitrogen and oxygen atoms in total. The summed E-state index contributed by atoms with van der Waals surface area (Å²) in [5.41, 5.74) is 1.47. The van der Waals surface area contributed by atoms with Gasteiger partial charge in [0, 0.05) is 32.2 Å². The average Bonchev–Trinajstić information content (AvgIpc) is 3.25. The van der Waals surface area contributed by atoms with Crippen LogP contribution in [0, 0.1) is 5.92 Å². The monoisotopic (exact) mass is 376 g/mol. The molecule has 0 unspecified atom stereocenters. The van der Waals surface area contributed by atoms with Gasteiger partial charge in [-0.05, 0) is 56.1 Å². The Morgan fingerprint density at radius 1 is 1.04 bits per heavy atom. The van der Waals surface area contributed by atoms with E-state index in [1.807, 2.05) is 0 Å². The van der Waals surface area contributed by atoms with Crippen molar-refractivity contribution in [1.29, 1.82) is 0 Å². The van der Waals surface area contributed by atoms with Crippen molar-refractivity contribution in [2.45, 2.75) is 38.5 Å². The maximum Gasteiger partial charge on any atom is 0.242 e. The van der Waals surface area contributed by atoms with Crippen LogP contribution in [0.4, 0.5) is 0 Å². The van der Waals surface area contributed by atoms with Crippen LogP contribution in [-0.4, -0.2) is 39.4 Å². The molecular weight excluding hydrogens is 347 g/mol. The highest BCUT2D eigenvalue weighted by Gasteiger charge is 2.36. The molecule has 1 saturated heterocycles. The molecule has 1 aliphatic heterocycles. The first kappa shape index (κ1) is 20.8. The molecule has 1 N–H and O–H groups in total. The molecule has 1 saturated carbocycles. The van der Waals surface area contributed by atoms with Crippen LogP contribution in [-0.2, 0) is 0 Å². The highest BCUT2D eigenvalue weighted by atomic mass is 35.5. The van der Waals surface area contributed by atoms with Gasteiger partial charge >= 0.3 is 0 Å². The standard InChI is InChI=1S/C17H28N2OSi.2ClH/c1-21(2,3)20-16-8-6-15(7-9-16)17(14-4-5-14)19-12-10-18-11-13-19;;/h6-9,14,17-18H,4-5,10-13H2,1-3H3;2*1H/t17-;;/m0../s1. The molecule has 132 valence electrons. The molecule has 1 heterocycles. The molecule has 1 aromatic carbocycles. The van der Waals surface area contributed by atoms with Gasteiger partial charge in [-0.25, -0.2) is 0 Å². The van der Waals surface area contributed by atoms with Crippen LogP contribution in [0.3, 0.4) is 0 Å². The molecular formula is C17H30Cl2N2OSi. The number of nitrogens with zero attached hydrogens (tertiary/aromatic N) is 1. The lowest BCUT2D eigenvalue weighted by Gasteiger charge is -2.35. The van der Waals surface area contributed by atoms with Crippen molar-refractivity contribution in [2.24, 2.45) is 5.92 Å². The Hall–Kier alpha value is -0.263. The number of nitrogens with one attached hydrogen (secondary N) is 1.